The molecule has 0 aromatic heterocycles. The second kappa shape index (κ2) is 6.87. The van der Waals surface area contributed by atoms with Crippen molar-refractivity contribution in [3.63, 3.8) is 0 Å². The fourth-order valence-corrected chi connectivity index (χ4v) is 1.27. The average Bonchev–Trinajstić information content (AvgIpc) is 2.27. The van der Waals surface area contributed by atoms with Gasteiger partial charge < -0.3 is 10.5 Å². The van der Waals surface area contributed by atoms with Crippen molar-refractivity contribution >= 4 is 5.91 Å². The number of hydrogen-bond acceptors (Lipinski definition) is 4. The number of benzene rings is 1. The van der Waals surface area contributed by atoms with Crippen LogP contribution in [0.4, 0.5) is 8.78 Å². The van der Waals surface area contributed by atoms with E-state index >= 15 is 0 Å². The highest BCUT2D eigenvalue weighted by Crippen LogP contribution is 2.20. The van der Waals surface area contributed by atoms with Gasteiger partial charge in [-0.25, -0.2) is 0 Å². The van der Waals surface area contributed by atoms with Gasteiger partial charge in [0.25, 0.3) is 0 Å². The average molecular weight is 260 g/mol. The van der Waals surface area contributed by atoms with Crippen molar-refractivity contribution < 1.29 is 23.1 Å². The van der Waals surface area contributed by atoms with Crippen molar-refractivity contribution in [3.8, 4) is 5.75 Å². The molecule has 1 aromatic rings. The van der Waals surface area contributed by atoms with Gasteiger partial charge in [-0.05, 0) is 24.6 Å². The number of nitrogens with two attached hydrogens (primary N) is 1. The molecule has 0 aliphatic carbocycles. The number of carbonyl (C=O) groups is 1. The Morgan fingerprint density at radius 1 is 1.50 bits per heavy atom. The minimum absolute atomic E-state index is 0.0612. The number of hydrogen-bond donors (Lipinski definition) is 2. The predicted octanol–water partition coefficient (Wildman–Crippen LogP) is 1.36. The second-order valence-corrected chi connectivity index (χ2v) is 3.55. The standard InChI is InChI=1S/C11H14F2N2O3/c1-7(15-17-6-10(14)16)8-3-2-4-9(5-8)18-11(12)13/h2-5,7,11,15H,6H2,1H3,(H2,14,16). The van der Waals surface area contributed by atoms with E-state index in [9.17, 15) is 13.6 Å². The first-order chi connectivity index (χ1) is 8.49. The summed E-state index contributed by atoms with van der Waals surface area (Å²) in [6.45, 7) is -1.39. The molecule has 0 heterocycles. The summed E-state index contributed by atoms with van der Waals surface area (Å²) in [5, 5.41) is 0. The molecule has 5 nitrogen and oxygen atoms in total. The van der Waals surface area contributed by atoms with Gasteiger partial charge in [-0.15, -0.1) is 0 Å². The minimum Gasteiger partial charge on any atom is -0.435 e. The summed E-state index contributed by atoms with van der Waals surface area (Å²) in [7, 11) is 0. The minimum atomic E-state index is -2.87. The molecule has 1 aromatic carbocycles. The lowest BCUT2D eigenvalue weighted by Crippen LogP contribution is -2.26. The summed E-state index contributed by atoms with van der Waals surface area (Å²) < 4.78 is 28.3. The maximum atomic E-state index is 12.0. The summed E-state index contributed by atoms with van der Waals surface area (Å²) >= 11 is 0. The van der Waals surface area contributed by atoms with E-state index < -0.39 is 12.5 Å². The molecule has 0 fully saturated rings. The van der Waals surface area contributed by atoms with Crippen LogP contribution in [-0.2, 0) is 9.63 Å². The molecular formula is C11H14F2N2O3. The molecule has 7 heteroatoms. The zero-order chi connectivity index (χ0) is 13.5. The van der Waals surface area contributed by atoms with Gasteiger partial charge in [0.05, 0.1) is 6.04 Å². The van der Waals surface area contributed by atoms with E-state index in [2.05, 4.69) is 10.2 Å². The smallest absolute Gasteiger partial charge is 0.387 e. The summed E-state index contributed by atoms with van der Waals surface area (Å²) in [5.41, 5.74) is 8.13. The largest absolute Gasteiger partial charge is 0.435 e. The Bertz CT molecular complexity index is 402. The summed E-state index contributed by atoms with van der Waals surface area (Å²) in [4.78, 5) is 15.3. The van der Waals surface area contributed by atoms with Crippen LogP contribution in [-0.4, -0.2) is 19.1 Å². The van der Waals surface area contributed by atoms with Crippen LogP contribution < -0.4 is 16.0 Å². The van der Waals surface area contributed by atoms with E-state index in [0.717, 1.165) is 0 Å². The molecule has 100 valence electrons. The highest BCUT2D eigenvalue weighted by molar-refractivity contribution is 5.74. The Hall–Kier alpha value is -1.73. The zero-order valence-electron chi connectivity index (χ0n) is 9.73. The predicted molar refractivity (Wildman–Crippen MR) is 59.8 cm³/mol. The number of alkyl halides is 2. The number of nitrogens with one attached hydrogen (secondary N) is 1. The van der Waals surface area contributed by atoms with Crippen LogP contribution in [0, 0.1) is 0 Å². The molecule has 0 bridgehead atoms. The van der Waals surface area contributed by atoms with Crippen molar-refractivity contribution in [1.82, 2.24) is 5.48 Å². The summed E-state index contributed by atoms with van der Waals surface area (Å²) in [6.07, 6.45) is 0. The number of ether oxygens (including phenoxy) is 1. The monoisotopic (exact) mass is 260 g/mol. The highest BCUT2D eigenvalue weighted by atomic mass is 19.3. The number of primary amides is 1. The summed E-state index contributed by atoms with van der Waals surface area (Å²) in [5.74, 6) is -0.546. The van der Waals surface area contributed by atoms with Crippen LogP contribution in [0.5, 0.6) is 5.75 Å². The fraction of sp³-hybridized carbons (Fsp3) is 0.364. The normalized spacial score (nSPS) is 12.4. The maximum absolute atomic E-state index is 12.0. The van der Waals surface area contributed by atoms with Crippen molar-refractivity contribution in [2.75, 3.05) is 6.61 Å². The molecule has 1 atom stereocenters. The van der Waals surface area contributed by atoms with Crippen LogP contribution in [0.1, 0.15) is 18.5 Å². The van der Waals surface area contributed by atoms with Gasteiger partial charge in [0.15, 0.2) is 0 Å². The quantitative estimate of drug-likeness (QED) is 0.726. The highest BCUT2D eigenvalue weighted by Gasteiger charge is 2.09. The van der Waals surface area contributed by atoms with Crippen molar-refractivity contribution in [2.24, 2.45) is 5.73 Å². The Morgan fingerprint density at radius 3 is 2.83 bits per heavy atom. The van der Waals surface area contributed by atoms with Gasteiger partial charge >= 0.3 is 6.61 Å². The van der Waals surface area contributed by atoms with E-state index in [0.29, 0.717) is 5.56 Å². The van der Waals surface area contributed by atoms with Gasteiger partial charge in [-0.2, -0.15) is 14.3 Å². The van der Waals surface area contributed by atoms with Crippen LogP contribution in [0.15, 0.2) is 24.3 Å². The SMILES string of the molecule is CC(NOCC(N)=O)c1cccc(OC(F)F)c1. The molecule has 1 unspecified atom stereocenters. The number of halogens is 2. The van der Waals surface area contributed by atoms with E-state index in [1.165, 1.54) is 12.1 Å². The fourth-order valence-electron chi connectivity index (χ4n) is 1.27. The molecule has 0 aliphatic rings. The topological polar surface area (TPSA) is 73.6 Å². The zero-order valence-corrected chi connectivity index (χ0v) is 9.73. The van der Waals surface area contributed by atoms with Gasteiger partial charge in [0.1, 0.15) is 12.4 Å². The lowest BCUT2D eigenvalue weighted by Gasteiger charge is -2.14. The molecule has 1 amide bonds. The molecule has 0 radical (unpaired) electrons. The Labute approximate surface area is 103 Å². The molecule has 18 heavy (non-hydrogen) atoms. The molecule has 0 saturated heterocycles. The third-order valence-electron chi connectivity index (χ3n) is 2.06. The van der Waals surface area contributed by atoms with Gasteiger partial charge in [-0.1, -0.05) is 12.1 Å². The van der Waals surface area contributed by atoms with Gasteiger partial charge in [0.2, 0.25) is 5.91 Å². The molecule has 0 saturated carbocycles. The Balaban J connectivity index is 2.56. The van der Waals surface area contributed by atoms with Gasteiger partial charge in [0, 0.05) is 0 Å². The first kappa shape index (κ1) is 14.3. The number of amides is 1. The van der Waals surface area contributed by atoms with E-state index in [-0.39, 0.29) is 18.4 Å². The lowest BCUT2D eigenvalue weighted by molar-refractivity contribution is -0.126. The first-order valence-corrected chi connectivity index (χ1v) is 5.19. The van der Waals surface area contributed by atoms with Crippen LogP contribution >= 0.6 is 0 Å². The van der Waals surface area contributed by atoms with Crippen LogP contribution in [0.25, 0.3) is 0 Å². The van der Waals surface area contributed by atoms with Crippen LogP contribution in [0.2, 0.25) is 0 Å². The summed E-state index contributed by atoms with van der Waals surface area (Å²) in [6, 6.07) is 5.87. The first-order valence-electron chi connectivity index (χ1n) is 5.19. The molecule has 0 aliphatic heterocycles. The second-order valence-electron chi connectivity index (χ2n) is 3.55. The number of carbonyl (C=O) groups excluding carboxylic acids is 1. The molecule has 3 N–H and O–H groups in total. The van der Waals surface area contributed by atoms with Crippen molar-refractivity contribution in [2.45, 2.75) is 19.6 Å². The van der Waals surface area contributed by atoms with Crippen molar-refractivity contribution in [3.05, 3.63) is 29.8 Å². The lowest BCUT2D eigenvalue weighted by atomic mass is 10.1. The van der Waals surface area contributed by atoms with Gasteiger partial charge in [-0.3, -0.25) is 9.63 Å². The van der Waals surface area contributed by atoms with E-state index in [1.54, 1.807) is 19.1 Å². The third-order valence-corrected chi connectivity index (χ3v) is 2.06. The maximum Gasteiger partial charge on any atom is 0.387 e. The number of hydroxylamine groups is 1. The molecule has 1 rings (SSSR count). The molecular weight excluding hydrogens is 246 g/mol. The molecule has 0 spiro atoms. The third kappa shape index (κ3) is 5.07. The van der Waals surface area contributed by atoms with E-state index in [1.807, 2.05) is 0 Å². The Kier molecular flexibility index (Phi) is 5.47. The van der Waals surface area contributed by atoms with E-state index in [4.69, 9.17) is 10.6 Å². The Morgan fingerprint density at radius 2 is 2.22 bits per heavy atom. The van der Waals surface area contributed by atoms with Crippen molar-refractivity contribution in [1.29, 1.82) is 0 Å². The van der Waals surface area contributed by atoms with Crippen LogP contribution in [0.3, 0.4) is 0 Å². The number of rotatable bonds is 7.